The SMILES string of the molecule is Cc1cc(C)c(NC(=O)/C=N\OCC(=O)NCCc2ccc(Cl)cc2)c(Cl)c1. The van der Waals surface area contributed by atoms with Crippen LogP contribution in [-0.2, 0) is 20.8 Å². The van der Waals surface area contributed by atoms with E-state index in [0.717, 1.165) is 22.9 Å². The van der Waals surface area contributed by atoms with Crippen LogP contribution in [0.3, 0.4) is 0 Å². The number of amides is 2. The van der Waals surface area contributed by atoms with Gasteiger partial charge in [0.2, 0.25) is 0 Å². The molecule has 2 rings (SSSR count). The standard InChI is InChI=1S/C20H21Cl2N3O3/c1-13-9-14(2)20(17(22)10-13)25-18(26)11-24-28-12-19(27)23-8-7-15-3-5-16(21)6-4-15/h3-6,9-11H,7-8,12H2,1-2H3,(H,23,27)(H,25,26)/b24-11-. The Morgan fingerprint density at radius 1 is 1.14 bits per heavy atom. The van der Waals surface area contributed by atoms with Crippen LogP contribution in [0.4, 0.5) is 5.69 Å². The molecule has 6 nitrogen and oxygen atoms in total. The maximum absolute atomic E-state index is 11.9. The largest absolute Gasteiger partial charge is 0.386 e. The molecular formula is C20H21Cl2N3O3. The van der Waals surface area contributed by atoms with Crippen LogP contribution < -0.4 is 10.6 Å². The molecule has 0 bridgehead atoms. The van der Waals surface area contributed by atoms with Crippen molar-refractivity contribution in [2.75, 3.05) is 18.5 Å². The molecule has 0 aromatic heterocycles. The Bertz CT molecular complexity index is 844. The second-order valence-electron chi connectivity index (χ2n) is 6.16. The zero-order valence-electron chi connectivity index (χ0n) is 15.6. The lowest BCUT2D eigenvalue weighted by Crippen LogP contribution is -2.29. The van der Waals surface area contributed by atoms with Crippen LogP contribution in [0.1, 0.15) is 16.7 Å². The summed E-state index contributed by atoms with van der Waals surface area (Å²) in [5.41, 5.74) is 3.42. The van der Waals surface area contributed by atoms with Gasteiger partial charge in [0.05, 0.1) is 10.7 Å². The van der Waals surface area contributed by atoms with Crippen molar-refractivity contribution in [3.8, 4) is 0 Å². The molecule has 0 fully saturated rings. The van der Waals surface area contributed by atoms with Gasteiger partial charge in [-0.15, -0.1) is 0 Å². The molecule has 2 N–H and O–H groups in total. The summed E-state index contributed by atoms with van der Waals surface area (Å²) in [4.78, 5) is 28.4. The first kappa shape index (κ1) is 21.7. The van der Waals surface area contributed by atoms with Crippen LogP contribution in [0.25, 0.3) is 0 Å². The molecule has 0 unspecified atom stereocenters. The van der Waals surface area contributed by atoms with Gasteiger partial charge in [-0.25, -0.2) is 0 Å². The molecule has 0 saturated heterocycles. The number of halogens is 2. The topological polar surface area (TPSA) is 79.8 Å². The van der Waals surface area contributed by atoms with Crippen molar-refractivity contribution in [3.05, 3.63) is 63.1 Å². The highest BCUT2D eigenvalue weighted by molar-refractivity contribution is 6.37. The summed E-state index contributed by atoms with van der Waals surface area (Å²) in [7, 11) is 0. The van der Waals surface area contributed by atoms with Crippen LogP contribution in [0.2, 0.25) is 10.0 Å². The van der Waals surface area contributed by atoms with Gasteiger partial charge in [0.1, 0.15) is 6.21 Å². The summed E-state index contributed by atoms with van der Waals surface area (Å²) in [6, 6.07) is 11.1. The summed E-state index contributed by atoms with van der Waals surface area (Å²) in [6.45, 7) is 3.94. The molecule has 0 aliphatic rings. The van der Waals surface area contributed by atoms with Crippen LogP contribution in [0.5, 0.6) is 0 Å². The molecule has 148 valence electrons. The van der Waals surface area contributed by atoms with E-state index in [9.17, 15) is 9.59 Å². The fourth-order valence-electron chi connectivity index (χ4n) is 2.46. The van der Waals surface area contributed by atoms with Gasteiger partial charge >= 0.3 is 0 Å². The quantitative estimate of drug-likeness (QED) is 0.500. The van der Waals surface area contributed by atoms with Gasteiger partial charge in [-0.1, -0.05) is 46.6 Å². The summed E-state index contributed by atoms with van der Waals surface area (Å²) in [5.74, 6) is -0.832. The summed E-state index contributed by atoms with van der Waals surface area (Å²) in [5, 5.41) is 9.96. The van der Waals surface area contributed by atoms with Crippen molar-refractivity contribution in [2.45, 2.75) is 20.3 Å². The van der Waals surface area contributed by atoms with Crippen molar-refractivity contribution in [1.29, 1.82) is 0 Å². The van der Waals surface area contributed by atoms with Gasteiger partial charge in [-0.3, -0.25) is 9.59 Å². The Labute approximate surface area is 173 Å². The predicted molar refractivity (Wildman–Crippen MR) is 112 cm³/mol. The zero-order valence-corrected chi connectivity index (χ0v) is 17.1. The number of nitrogens with zero attached hydrogens (tertiary/aromatic N) is 1. The van der Waals surface area contributed by atoms with E-state index in [4.69, 9.17) is 28.0 Å². The Hall–Kier alpha value is -2.57. The summed E-state index contributed by atoms with van der Waals surface area (Å²) < 4.78 is 0. The number of oxime groups is 1. The van der Waals surface area contributed by atoms with Gasteiger partial charge < -0.3 is 15.5 Å². The van der Waals surface area contributed by atoms with E-state index in [2.05, 4.69) is 15.8 Å². The number of rotatable bonds is 8. The van der Waals surface area contributed by atoms with E-state index in [1.807, 2.05) is 32.0 Å². The van der Waals surface area contributed by atoms with Crippen molar-refractivity contribution in [3.63, 3.8) is 0 Å². The molecule has 0 aliphatic heterocycles. The average Bonchev–Trinajstić information content (AvgIpc) is 2.63. The third-order valence-electron chi connectivity index (χ3n) is 3.77. The fourth-order valence-corrected chi connectivity index (χ4v) is 2.95. The van der Waals surface area contributed by atoms with Crippen LogP contribution in [0, 0.1) is 13.8 Å². The first-order valence-corrected chi connectivity index (χ1v) is 9.35. The lowest BCUT2D eigenvalue weighted by atomic mass is 10.1. The number of benzene rings is 2. The molecule has 2 aromatic carbocycles. The molecule has 8 heteroatoms. The highest BCUT2D eigenvalue weighted by atomic mass is 35.5. The maximum atomic E-state index is 11.9. The van der Waals surface area contributed by atoms with Gasteiger partial charge in [-0.05, 0) is 55.2 Å². The van der Waals surface area contributed by atoms with Crippen LogP contribution >= 0.6 is 23.2 Å². The second-order valence-corrected chi connectivity index (χ2v) is 7.01. The Morgan fingerprint density at radius 3 is 2.54 bits per heavy atom. The van der Waals surface area contributed by atoms with Crippen molar-refractivity contribution >= 4 is 46.9 Å². The minimum atomic E-state index is -0.503. The summed E-state index contributed by atoms with van der Waals surface area (Å²) >= 11 is 12.0. The highest BCUT2D eigenvalue weighted by Crippen LogP contribution is 2.27. The lowest BCUT2D eigenvalue weighted by Gasteiger charge is -2.09. The number of hydrogen-bond donors (Lipinski definition) is 2. The van der Waals surface area contributed by atoms with Gasteiger partial charge in [-0.2, -0.15) is 0 Å². The highest BCUT2D eigenvalue weighted by Gasteiger charge is 2.08. The van der Waals surface area contributed by atoms with Gasteiger partial charge in [0.25, 0.3) is 11.8 Å². The molecule has 0 atom stereocenters. The average molecular weight is 422 g/mol. The van der Waals surface area contributed by atoms with E-state index in [-0.39, 0.29) is 12.5 Å². The minimum absolute atomic E-state index is 0.283. The number of hydrogen-bond acceptors (Lipinski definition) is 4. The molecule has 28 heavy (non-hydrogen) atoms. The van der Waals surface area contributed by atoms with E-state index in [0.29, 0.717) is 28.7 Å². The molecule has 0 saturated carbocycles. The molecule has 0 radical (unpaired) electrons. The van der Waals surface area contributed by atoms with E-state index in [1.54, 1.807) is 18.2 Å². The van der Waals surface area contributed by atoms with Crippen LogP contribution in [0.15, 0.2) is 41.6 Å². The maximum Gasteiger partial charge on any atom is 0.270 e. The third-order valence-corrected chi connectivity index (χ3v) is 4.32. The number of anilines is 1. The molecule has 2 amide bonds. The first-order valence-electron chi connectivity index (χ1n) is 8.59. The Morgan fingerprint density at radius 2 is 1.86 bits per heavy atom. The van der Waals surface area contributed by atoms with Crippen molar-refractivity contribution < 1.29 is 14.4 Å². The summed E-state index contributed by atoms with van der Waals surface area (Å²) in [6.07, 6.45) is 1.63. The molecular weight excluding hydrogens is 401 g/mol. The van der Waals surface area contributed by atoms with Crippen molar-refractivity contribution in [1.82, 2.24) is 5.32 Å². The zero-order chi connectivity index (χ0) is 20.5. The third kappa shape index (κ3) is 7.21. The monoisotopic (exact) mass is 421 g/mol. The van der Waals surface area contributed by atoms with Gasteiger partial charge in [0, 0.05) is 11.6 Å². The molecule has 0 heterocycles. The van der Waals surface area contributed by atoms with E-state index in [1.165, 1.54) is 0 Å². The molecule has 2 aromatic rings. The normalized spacial score (nSPS) is 10.7. The Kier molecular flexibility index (Phi) is 8.29. The van der Waals surface area contributed by atoms with E-state index < -0.39 is 5.91 Å². The van der Waals surface area contributed by atoms with E-state index >= 15 is 0 Å². The fraction of sp³-hybridized carbons (Fsp3) is 0.250. The first-order chi connectivity index (χ1) is 13.3. The molecule has 0 spiro atoms. The smallest absolute Gasteiger partial charge is 0.270 e. The number of nitrogens with one attached hydrogen (secondary N) is 2. The predicted octanol–water partition coefficient (Wildman–Crippen LogP) is 3.91. The molecule has 0 aliphatic carbocycles. The van der Waals surface area contributed by atoms with Crippen LogP contribution in [-0.4, -0.2) is 31.2 Å². The number of aryl methyl sites for hydroxylation is 2. The van der Waals surface area contributed by atoms with Gasteiger partial charge in [0.15, 0.2) is 6.61 Å². The second kappa shape index (κ2) is 10.7. The number of carbonyl (C=O) groups excluding carboxylic acids is 2. The lowest BCUT2D eigenvalue weighted by molar-refractivity contribution is -0.125. The van der Waals surface area contributed by atoms with Crippen molar-refractivity contribution in [2.24, 2.45) is 5.16 Å². The minimum Gasteiger partial charge on any atom is -0.386 e. The Balaban J connectivity index is 1.69. The number of carbonyl (C=O) groups is 2.